The Morgan fingerprint density at radius 2 is 2.07 bits per heavy atom. The van der Waals surface area contributed by atoms with E-state index in [1.807, 2.05) is 13.0 Å². The molecule has 2 N–H and O–H groups in total. The second-order valence-corrected chi connectivity index (χ2v) is 3.53. The molecule has 0 aliphatic carbocycles. The van der Waals surface area contributed by atoms with Crippen molar-refractivity contribution in [3.63, 3.8) is 0 Å². The smallest absolute Gasteiger partial charge is 0.272 e. The Morgan fingerprint density at radius 1 is 1.40 bits per heavy atom. The molecule has 0 saturated heterocycles. The van der Waals surface area contributed by atoms with Crippen molar-refractivity contribution < 1.29 is 13.5 Å². The van der Waals surface area contributed by atoms with Gasteiger partial charge in [-0.1, -0.05) is 12.1 Å². The number of ether oxygens (including phenoxy) is 1. The molecule has 2 nitrogen and oxygen atoms in total. The molecule has 0 heterocycles. The molecule has 1 aromatic rings. The zero-order valence-electron chi connectivity index (χ0n) is 8.84. The Balaban J connectivity index is 2.87. The second kappa shape index (κ2) is 5.07. The first-order valence-corrected chi connectivity index (χ1v) is 4.77. The predicted molar refractivity (Wildman–Crippen MR) is 55.3 cm³/mol. The molecule has 1 rings (SSSR count). The van der Waals surface area contributed by atoms with E-state index in [1.165, 1.54) is 0 Å². The van der Waals surface area contributed by atoms with E-state index in [9.17, 15) is 8.78 Å². The van der Waals surface area contributed by atoms with Crippen LogP contribution < -0.4 is 10.5 Å². The number of benzene rings is 1. The SMILES string of the molecule is Cc1ccc([C@@H](C)N)c(OCC(F)F)c1. The average molecular weight is 215 g/mol. The first-order chi connectivity index (χ1) is 7.00. The summed E-state index contributed by atoms with van der Waals surface area (Å²) in [5.41, 5.74) is 7.42. The molecule has 0 aliphatic rings. The minimum Gasteiger partial charge on any atom is -0.487 e. The van der Waals surface area contributed by atoms with Gasteiger partial charge in [0.2, 0.25) is 0 Å². The molecule has 0 unspecified atom stereocenters. The molecule has 4 heteroatoms. The summed E-state index contributed by atoms with van der Waals surface area (Å²) in [4.78, 5) is 0. The van der Waals surface area contributed by atoms with Crippen LogP contribution in [0.4, 0.5) is 8.78 Å². The fourth-order valence-corrected chi connectivity index (χ4v) is 1.30. The molecule has 0 bridgehead atoms. The summed E-state index contributed by atoms with van der Waals surface area (Å²) < 4.78 is 29.0. The third kappa shape index (κ3) is 3.47. The highest BCUT2D eigenvalue weighted by atomic mass is 19.3. The van der Waals surface area contributed by atoms with Crippen LogP contribution in [-0.2, 0) is 0 Å². The Bertz CT molecular complexity index is 326. The minimum absolute atomic E-state index is 0.224. The van der Waals surface area contributed by atoms with Gasteiger partial charge in [0.05, 0.1) is 0 Å². The Kier molecular flexibility index (Phi) is 4.03. The van der Waals surface area contributed by atoms with Crippen LogP contribution in [0.3, 0.4) is 0 Å². The maximum Gasteiger partial charge on any atom is 0.272 e. The molecule has 0 spiro atoms. The molecule has 0 saturated carbocycles. The van der Waals surface area contributed by atoms with E-state index in [0.29, 0.717) is 5.75 Å². The maximum absolute atomic E-state index is 12.0. The standard InChI is InChI=1S/C11H15F2NO/c1-7-3-4-9(8(2)14)10(5-7)15-6-11(12)13/h3-5,8,11H,6,14H2,1-2H3/t8-/m1/s1. The molecule has 15 heavy (non-hydrogen) atoms. The normalized spacial score (nSPS) is 12.9. The van der Waals surface area contributed by atoms with Crippen LogP contribution in [0.1, 0.15) is 24.1 Å². The van der Waals surface area contributed by atoms with Crippen molar-refractivity contribution in [2.45, 2.75) is 26.3 Å². The van der Waals surface area contributed by atoms with Crippen molar-refractivity contribution in [2.24, 2.45) is 5.73 Å². The molecule has 0 radical (unpaired) electrons. The summed E-state index contributed by atoms with van der Waals surface area (Å²) in [5.74, 6) is 0.449. The molecular formula is C11H15F2NO. The van der Waals surface area contributed by atoms with Gasteiger partial charge in [0.15, 0.2) is 0 Å². The van der Waals surface area contributed by atoms with Crippen molar-refractivity contribution >= 4 is 0 Å². The third-order valence-electron chi connectivity index (χ3n) is 2.02. The van der Waals surface area contributed by atoms with Crippen molar-refractivity contribution in [1.82, 2.24) is 0 Å². The fourth-order valence-electron chi connectivity index (χ4n) is 1.30. The zero-order valence-corrected chi connectivity index (χ0v) is 8.84. The summed E-state index contributed by atoms with van der Waals surface area (Å²) in [6, 6.07) is 5.19. The van der Waals surface area contributed by atoms with E-state index in [-0.39, 0.29) is 6.04 Å². The Hall–Kier alpha value is -1.16. The van der Waals surface area contributed by atoms with Crippen LogP contribution in [0.25, 0.3) is 0 Å². The van der Waals surface area contributed by atoms with Gasteiger partial charge in [-0.05, 0) is 25.5 Å². The Morgan fingerprint density at radius 3 is 2.60 bits per heavy atom. The molecule has 1 atom stereocenters. The molecular weight excluding hydrogens is 200 g/mol. The molecule has 0 aliphatic heterocycles. The Labute approximate surface area is 88.0 Å². The summed E-state index contributed by atoms with van der Waals surface area (Å²) in [7, 11) is 0. The first kappa shape index (κ1) is 11.9. The largest absolute Gasteiger partial charge is 0.487 e. The van der Waals surface area contributed by atoms with Crippen LogP contribution in [0, 0.1) is 6.92 Å². The number of hydrogen-bond donors (Lipinski definition) is 1. The molecule has 0 fully saturated rings. The van der Waals surface area contributed by atoms with E-state index in [0.717, 1.165) is 11.1 Å². The van der Waals surface area contributed by atoms with E-state index in [4.69, 9.17) is 10.5 Å². The lowest BCUT2D eigenvalue weighted by molar-refractivity contribution is 0.0812. The van der Waals surface area contributed by atoms with Gasteiger partial charge in [0, 0.05) is 11.6 Å². The van der Waals surface area contributed by atoms with Crippen LogP contribution in [0.5, 0.6) is 5.75 Å². The number of alkyl halides is 2. The number of aryl methyl sites for hydroxylation is 1. The number of nitrogens with two attached hydrogens (primary N) is 1. The molecule has 0 amide bonds. The monoisotopic (exact) mass is 215 g/mol. The summed E-state index contributed by atoms with van der Waals surface area (Å²) in [6.07, 6.45) is -2.47. The van der Waals surface area contributed by atoms with E-state index >= 15 is 0 Å². The molecule has 1 aromatic carbocycles. The van der Waals surface area contributed by atoms with Crippen LogP contribution >= 0.6 is 0 Å². The number of hydrogen-bond acceptors (Lipinski definition) is 2. The lowest BCUT2D eigenvalue weighted by Crippen LogP contribution is -2.12. The van der Waals surface area contributed by atoms with E-state index < -0.39 is 13.0 Å². The quantitative estimate of drug-likeness (QED) is 0.838. The van der Waals surface area contributed by atoms with Gasteiger partial charge in [-0.3, -0.25) is 0 Å². The van der Waals surface area contributed by atoms with Crippen LogP contribution in [0.2, 0.25) is 0 Å². The highest BCUT2D eigenvalue weighted by molar-refractivity contribution is 5.38. The lowest BCUT2D eigenvalue weighted by atomic mass is 10.1. The van der Waals surface area contributed by atoms with Crippen molar-refractivity contribution in [1.29, 1.82) is 0 Å². The minimum atomic E-state index is -2.47. The van der Waals surface area contributed by atoms with Crippen molar-refractivity contribution in [3.8, 4) is 5.75 Å². The topological polar surface area (TPSA) is 35.2 Å². The average Bonchev–Trinajstić information content (AvgIpc) is 2.14. The van der Waals surface area contributed by atoms with Gasteiger partial charge in [-0.15, -0.1) is 0 Å². The van der Waals surface area contributed by atoms with Gasteiger partial charge in [-0.25, -0.2) is 8.78 Å². The molecule has 0 aromatic heterocycles. The van der Waals surface area contributed by atoms with Gasteiger partial charge in [0.25, 0.3) is 6.43 Å². The maximum atomic E-state index is 12.0. The van der Waals surface area contributed by atoms with Gasteiger partial charge < -0.3 is 10.5 Å². The van der Waals surface area contributed by atoms with Crippen molar-refractivity contribution in [3.05, 3.63) is 29.3 Å². The number of halogens is 2. The van der Waals surface area contributed by atoms with Crippen LogP contribution in [0.15, 0.2) is 18.2 Å². The number of rotatable bonds is 4. The first-order valence-electron chi connectivity index (χ1n) is 4.77. The van der Waals surface area contributed by atoms with E-state index in [2.05, 4.69) is 0 Å². The third-order valence-corrected chi connectivity index (χ3v) is 2.02. The summed E-state index contributed by atoms with van der Waals surface area (Å²) in [5, 5.41) is 0. The predicted octanol–water partition coefficient (Wildman–Crippen LogP) is 2.66. The summed E-state index contributed by atoms with van der Waals surface area (Å²) >= 11 is 0. The van der Waals surface area contributed by atoms with E-state index in [1.54, 1.807) is 19.1 Å². The van der Waals surface area contributed by atoms with Crippen LogP contribution in [-0.4, -0.2) is 13.0 Å². The van der Waals surface area contributed by atoms with Crippen molar-refractivity contribution in [2.75, 3.05) is 6.61 Å². The highest BCUT2D eigenvalue weighted by Crippen LogP contribution is 2.25. The van der Waals surface area contributed by atoms with Gasteiger partial charge in [-0.2, -0.15) is 0 Å². The summed E-state index contributed by atoms with van der Waals surface area (Å²) in [6.45, 7) is 3.07. The fraction of sp³-hybridized carbons (Fsp3) is 0.455. The zero-order chi connectivity index (χ0) is 11.4. The second-order valence-electron chi connectivity index (χ2n) is 3.53. The van der Waals surface area contributed by atoms with Gasteiger partial charge >= 0.3 is 0 Å². The molecule has 84 valence electrons. The lowest BCUT2D eigenvalue weighted by Gasteiger charge is -2.14. The highest BCUT2D eigenvalue weighted by Gasteiger charge is 2.10. The van der Waals surface area contributed by atoms with Gasteiger partial charge in [0.1, 0.15) is 12.4 Å².